The van der Waals surface area contributed by atoms with E-state index in [9.17, 15) is 0 Å². The Bertz CT molecular complexity index is 277. The number of thioether (sulfide) groups is 1. The Morgan fingerprint density at radius 1 is 1.05 bits per heavy atom. The van der Waals surface area contributed by atoms with Gasteiger partial charge < -0.3 is 10.6 Å². The molecule has 2 aliphatic rings. The summed E-state index contributed by atoms with van der Waals surface area (Å²) in [5.74, 6) is 0.868. The number of nitrogens with one attached hydrogen (secondary N) is 2. The molecular weight excluding hydrogens is 276 g/mol. The third kappa shape index (κ3) is 4.62. The number of rotatable bonds is 7. The molecule has 2 nitrogen and oxygen atoms in total. The van der Waals surface area contributed by atoms with E-state index >= 15 is 0 Å². The monoisotopic (exact) mass is 312 g/mol. The lowest BCUT2D eigenvalue weighted by atomic mass is 9.77. The Hall–Kier alpha value is 0.270. The fourth-order valence-electron chi connectivity index (χ4n) is 4.32. The van der Waals surface area contributed by atoms with Gasteiger partial charge in [-0.15, -0.1) is 0 Å². The first-order valence-corrected chi connectivity index (χ1v) is 10.5. The zero-order chi connectivity index (χ0) is 15.1. The molecule has 0 spiro atoms. The van der Waals surface area contributed by atoms with E-state index in [1.165, 1.54) is 70.9 Å². The summed E-state index contributed by atoms with van der Waals surface area (Å²) < 4.78 is 0.446. The van der Waals surface area contributed by atoms with Gasteiger partial charge in [0, 0.05) is 23.4 Å². The largest absolute Gasteiger partial charge is 0.314 e. The van der Waals surface area contributed by atoms with E-state index in [0.717, 1.165) is 18.0 Å². The van der Waals surface area contributed by atoms with Crippen LogP contribution in [0.3, 0.4) is 0 Å². The summed E-state index contributed by atoms with van der Waals surface area (Å²) in [4.78, 5) is 0. The van der Waals surface area contributed by atoms with Crippen LogP contribution >= 0.6 is 11.8 Å². The molecule has 3 atom stereocenters. The van der Waals surface area contributed by atoms with Gasteiger partial charge in [-0.2, -0.15) is 11.8 Å². The molecule has 3 unspecified atom stereocenters. The minimum absolute atomic E-state index is 0.446. The summed E-state index contributed by atoms with van der Waals surface area (Å²) in [6.45, 7) is 7.13. The number of hydrogen-bond donors (Lipinski definition) is 2. The zero-order valence-corrected chi connectivity index (χ0v) is 15.2. The van der Waals surface area contributed by atoms with Gasteiger partial charge >= 0.3 is 0 Å². The maximum atomic E-state index is 4.00. The van der Waals surface area contributed by atoms with Crippen molar-refractivity contribution in [3.63, 3.8) is 0 Å². The lowest BCUT2D eigenvalue weighted by Crippen LogP contribution is -2.52. The fraction of sp³-hybridized carbons (Fsp3) is 1.00. The smallest absolute Gasteiger partial charge is 0.0276 e. The molecule has 1 saturated carbocycles. The summed E-state index contributed by atoms with van der Waals surface area (Å²) in [7, 11) is 0. The molecule has 0 amide bonds. The SMILES string of the molecule is CCC(CC)(CNC1CCCCC1C1CCCCN1)SC. The Balaban J connectivity index is 1.92. The van der Waals surface area contributed by atoms with Gasteiger partial charge in [0.25, 0.3) is 0 Å². The predicted molar refractivity (Wildman–Crippen MR) is 96.2 cm³/mol. The van der Waals surface area contributed by atoms with Crippen LogP contribution in [0.5, 0.6) is 0 Å². The molecular formula is C18H36N2S. The van der Waals surface area contributed by atoms with Crippen molar-refractivity contribution in [3.8, 4) is 0 Å². The van der Waals surface area contributed by atoms with Crippen LogP contribution < -0.4 is 10.6 Å². The summed E-state index contributed by atoms with van der Waals surface area (Å²) in [5.41, 5.74) is 0. The molecule has 21 heavy (non-hydrogen) atoms. The molecule has 1 heterocycles. The van der Waals surface area contributed by atoms with Crippen LogP contribution in [0.1, 0.15) is 71.6 Å². The van der Waals surface area contributed by atoms with Crippen molar-refractivity contribution in [1.29, 1.82) is 0 Å². The van der Waals surface area contributed by atoms with Crippen LogP contribution in [0.25, 0.3) is 0 Å². The highest BCUT2D eigenvalue weighted by Gasteiger charge is 2.34. The number of piperidine rings is 1. The van der Waals surface area contributed by atoms with Gasteiger partial charge in [0.05, 0.1) is 0 Å². The maximum Gasteiger partial charge on any atom is 0.0276 e. The Labute approximate surface area is 136 Å². The van der Waals surface area contributed by atoms with E-state index in [1.54, 1.807) is 0 Å². The molecule has 2 rings (SSSR count). The molecule has 1 aliphatic heterocycles. The third-order valence-corrected chi connectivity index (χ3v) is 7.68. The van der Waals surface area contributed by atoms with Gasteiger partial charge in [-0.1, -0.05) is 33.1 Å². The topological polar surface area (TPSA) is 24.1 Å². The van der Waals surface area contributed by atoms with Gasteiger partial charge in [0.15, 0.2) is 0 Å². The first-order chi connectivity index (χ1) is 10.2. The van der Waals surface area contributed by atoms with Crippen LogP contribution in [0, 0.1) is 5.92 Å². The third-order valence-electron chi connectivity index (χ3n) is 6.09. The van der Waals surface area contributed by atoms with E-state index in [1.807, 2.05) is 0 Å². The summed E-state index contributed by atoms with van der Waals surface area (Å²) in [6.07, 6.45) is 14.7. The molecule has 1 aliphatic carbocycles. The van der Waals surface area contributed by atoms with Crippen LogP contribution in [0.2, 0.25) is 0 Å². The summed E-state index contributed by atoms with van der Waals surface area (Å²) in [6, 6.07) is 1.53. The van der Waals surface area contributed by atoms with Crippen LogP contribution in [-0.2, 0) is 0 Å². The molecule has 2 N–H and O–H groups in total. The molecule has 0 bridgehead atoms. The van der Waals surface area contributed by atoms with E-state index in [2.05, 4.69) is 42.5 Å². The first kappa shape index (κ1) is 17.6. The van der Waals surface area contributed by atoms with Crippen molar-refractivity contribution in [3.05, 3.63) is 0 Å². The average Bonchev–Trinajstić information content (AvgIpc) is 2.58. The average molecular weight is 313 g/mol. The van der Waals surface area contributed by atoms with Crippen molar-refractivity contribution in [1.82, 2.24) is 10.6 Å². The van der Waals surface area contributed by atoms with E-state index in [-0.39, 0.29) is 0 Å². The van der Waals surface area contributed by atoms with Gasteiger partial charge in [-0.25, -0.2) is 0 Å². The standard InChI is InChI=1S/C18H36N2S/c1-4-18(5-2,21-3)14-20-17-11-7-6-10-15(17)16-12-8-9-13-19-16/h15-17,19-20H,4-14H2,1-3H3. The summed E-state index contributed by atoms with van der Waals surface area (Å²) in [5, 5.41) is 7.81. The van der Waals surface area contributed by atoms with Crippen molar-refractivity contribution in [2.24, 2.45) is 5.92 Å². The van der Waals surface area contributed by atoms with Crippen LogP contribution in [0.15, 0.2) is 0 Å². The second-order valence-electron chi connectivity index (χ2n) is 7.09. The summed E-state index contributed by atoms with van der Waals surface area (Å²) >= 11 is 2.06. The lowest BCUT2D eigenvalue weighted by Gasteiger charge is -2.42. The second-order valence-corrected chi connectivity index (χ2v) is 8.36. The van der Waals surface area contributed by atoms with E-state index in [4.69, 9.17) is 0 Å². The Kier molecular flexibility index (Phi) is 7.37. The van der Waals surface area contributed by atoms with E-state index in [0.29, 0.717) is 4.75 Å². The van der Waals surface area contributed by atoms with E-state index < -0.39 is 0 Å². The molecule has 3 heteroatoms. The molecule has 2 fully saturated rings. The first-order valence-electron chi connectivity index (χ1n) is 9.26. The van der Waals surface area contributed by atoms with Gasteiger partial charge in [0.2, 0.25) is 0 Å². The molecule has 0 aromatic carbocycles. The Morgan fingerprint density at radius 2 is 1.76 bits per heavy atom. The molecule has 124 valence electrons. The number of hydrogen-bond acceptors (Lipinski definition) is 3. The highest BCUT2D eigenvalue weighted by Crippen LogP contribution is 2.33. The van der Waals surface area contributed by atoms with Crippen LogP contribution in [-0.4, -0.2) is 36.2 Å². The van der Waals surface area contributed by atoms with Crippen molar-refractivity contribution < 1.29 is 0 Å². The normalized spacial score (nSPS) is 31.3. The maximum absolute atomic E-state index is 4.00. The van der Waals surface area contributed by atoms with Crippen molar-refractivity contribution >= 4 is 11.8 Å². The van der Waals surface area contributed by atoms with Gasteiger partial charge in [-0.05, 0) is 57.2 Å². The Morgan fingerprint density at radius 3 is 2.38 bits per heavy atom. The molecule has 0 radical (unpaired) electrons. The highest BCUT2D eigenvalue weighted by atomic mass is 32.2. The minimum atomic E-state index is 0.446. The lowest BCUT2D eigenvalue weighted by molar-refractivity contribution is 0.179. The zero-order valence-electron chi connectivity index (χ0n) is 14.4. The fourth-order valence-corrected chi connectivity index (χ4v) is 5.12. The van der Waals surface area contributed by atoms with Crippen molar-refractivity contribution in [2.75, 3.05) is 19.3 Å². The highest BCUT2D eigenvalue weighted by molar-refractivity contribution is 8.00. The quantitative estimate of drug-likeness (QED) is 0.737. The molecule has 0 aromatic heterocycles. The predicted octanol–water partition coefficient (Wildman–Crippen LogP) is 4.20. The van der Waals surface area contributed by atoms with Crippen LogP contribution in [0.4, 0.5) is 0 Å². The molecule has 1 saturated heterocycles. The second kappa shape index (κ2) is 8.79. The van der Waals surface area contributed by atoms with Crippen molar-refractivity contribution in [2.45, 2.75) is 88.5 Å². The molecule has 0 aromatic rings. The van der Waals surface area contributed by atoms with Gasteiger partial charge in [0.1, 0.15) is 0 Å². The van der Waals surface area contributed by atoms with Gasteiger partial charge in [-0.3, -0.25) is 0 Å². The minimum Gasteiger partial charge on any atom is -0.314 e.